The van der Waals surface area contributed by atoms with Crippen LogP contribution in [-0.2, 0) is 13.1 Å². The lowest BCUT2D eigenvalue weighted by molar-refractivity contribution is 0.395. The Balaban J connectivity index is 1.84. The van der Waals surface area contributed by atoms with E-state index in [9.17, 15) is 0 Å². The van der Waals surface area contributed by atoms with Crippen molar-refractivity contribution in [2.45, 2.75) is 33.9 Å². The molecule has 0 spiro atoms. The number of hydrogen-bond acceptors (Lipinski definition) is 7. The molecule has 1 N–H and O–H groups in total. The van der Waals surface area contributed by atoms with Gasteiger partial charge in [-0.15, -0.1) is 5.10 Å². The Morgan fingerprint density at radius 3 is 2.63 bits per heavy atom. The second-order valence-electron chi connectivity index (χ2n) is 6.05. The van der Waals surface area contributed by atoms with Gasteiger partial charge in [-0.3, -0.25) is 4.68 Å². The van der Waals surface area contributed by atoms with Crippen LogP contribution in [0.3, 0.4) is 0 Å². The van der Waals surface area contributed by atoms with Crippen LogP contribution >= 0.6 is 0 Å². The first-order valence-corrected chi connectivity index (χ1v) is 8.76. The average molecular weight is 368 g/mol. The molecule has 2 aromatic heterocycles. The number of hydrogen-bond donors (Lipinski definition) is 1. The van der Waals surface area contributed by atoms with E-state index in [-0.39, 0.29) is 0 Å². The third kappa shape index (κ3) is 3.84. The highest BCUT2D eigenvalue weighted by Gasteiger charge is 2.13. The van der Waals surface area contributed by atoms with Gasteiger partial charge >= 0.3 is 0 Å². The number of anilines is 1. The van der Waals surface area contributed by atoms with Gasteiger partial charge in [0.15, 0.2) is 0 Å². The number of nitrogens with zero attached hydrogens (tertiary/aromatic N) is 5. The molecular formula is C19H24N6O2. The highest BCUT2D eigenvalue weighted by Crippen LogP contribution is 2.32. The van der Waals surface area contributed by atoms with Crippen molar-refractivity contribution in [3.05, 3.63) is 41.3 Å². The lowest BCUT2D eigenvalue weighted by Gasteiger charge is -2.11. The van der Waals surface area contributed by atoms with Gasteiger partial charge in [-0.05, 0) is 32.9 Å². The molecule has 0 radical (unpaired) electrons. The van der Waals surface area contributed by atoms with Crippen molar-refractivity contribution in [3.8, 4) is 22.8 Å². The molecule has 27 heavy (non-hydrogen) atoms. The summed E-state index contributed by atoms with van der Waals surface area (Å²) in [7, 11) is 3.23. The van der Waals surface area contributed by atoms with Crippen LogP contribution < -0.4 is 14.8 Å². The van der Waals surface area contributed by atoms with Gasteiger partial charge < -0.3 is 14.8 Å². The van der Waals surface area contributed by atoms with Crippen LogP contribution in [0.4, 0.5) is 5.95 Å². The Morgan fingerprint density at radius 1 is 1.15 bits per heavy atom. The maximum absolute atomic E-state index is 5.46. The van der Waals surface area contributed by atoms with Gasteiger partial charge in [-0.2, -0.15) is 10.2 Å². The van der Waals surface area contributed by atoms with Crippen molar-refractivity contribution in [2.75, 3.05) is 19.5 Å². The van der Waals surface area contributed by atoms with E-state index in [1.165, 1.54) is 0 Å². The highest BCUT2D eigenvalue weighted by atomic mass is 16.5. The van der Waals surface area contributed by atoms with Gasteiger partial charge in [-0.25, -0.2) is 4.98 Å². The van der Waals surface area contributed by atoms with Gasteiger partial charge in [0, 0.05) is 36.0 Å². The zero-order valence-electron chi connectivity index (χ0n) is 16.3. The van der Waals surface area contributed by atoms with Crippen LogP contribution in [0.1, 0.15) is 23.9 Å². The number of methoxy groups -OCH3 is 2. The third-order valence-electron chi connectivity index (χ3n) is 4.50. The fourth-order valence-electron chi connectivity index (χ4n) is 2.98. The molecule has 0 saturated heterocycles. The van der Waals surface area contributed by atoms with Crippen molar-refractivity contribution in [3.63, 3.8) is 0 Å². The molecule has 0 amide bonds. The number of ether oxygens (including phenoxy) is 2. The van der Waals surface area contributed by atoms with Crippen molar-refractivity contribution in [1.82, 2.24) is 25.0 Å². The van der Waals surface area contributed by atoms with Gasteiger partial charge in [0.05, 0.1) is 31.8 Å². The Bertz CT molecular complexity index is 938. The zero-order valence-corrected chi connectivity index (χ0v) is 16.3. The first kappa shape index (κ1) is 18.6. The number of benzene rings is 1. The minimum Gasteiger partial charge on any atom is -0.497 e. The first-order valence-electron chi connectivity index (χ1n) is 8.76. The van der Waals surface area contributed by atoms with Crippen LogP contribution in [0, 0.1) is 13.8 Å². The Kier molecular flexibility index (Phi) is 5.54. The summed E-state index contributed by atoms with van der Waals surface area (Å²) in [4.78, 5) is 4.58. The summed E-state index contributed by atoms with van der Waals surface area (Å²) in [5.41, 5.74) is 4.78. The Morgan fingerprint density at radius 2 is 1.96 bits per heavy atom. The molecule has 0 aliphatic carbocycles. The Labute approximate surface area is 158 Å². The molecule has 0 unspecified atom stereocenters. The second-order valence-corrected chi connectivity index (χ2v) is 6.05. The predicted molar refractivity (Wildman–Crippen MR) is 103 cm³/mol. The summed E-state index contributed by atoms with van der Waals surface area (Å²) in [5.74, 6) is 1.83. The van der Waals surface area contributed by atoms with E-state index in [0.717, 1.165) is 34.8 Å². The quantitative estimate of drug-likeness (QED) is 0.686. The third-order valence-corrected chi connectivity index (χ3v) is 4.50. The molecule has 0 saturated carbocycles. The van der Waals surface area contributed by atoms with Crippen molar-refractivity contribution < 1.29 is 9.47 Å². The molecule has 0 atom stereocenters. The lowest BCUT2D eigenvalue weighted by atomic mass is 10.1. The monoisotopic (exact) mass is 368 g/mol. The predicted octanol–water partition coefficient (Wildman–Crippen LogP) is 3.00. The molecule has 0 fully saturated rings. The second kappa shape index (κ2) is 8.03. The topological polar surface area (TPSA) is 87.0 Å². The van der Waals surface area contributed by atoms with E-state index in [1.54, 1.807) is 20.4 Å². The smallest absolute Gasteiger partial charge is 0.243 e. The van der Waals surface area contributed by atoms with Gasteiger partial charge in [0.2, 0.25) is 5.95 Å². The van der Waals surface area contributed by atoms with E-state index in [4.69, 9.17) is 9.47 Å². The van der Waals surface area contributed by atoms with Crippen molar-refractivity contribution in [1.29, 1.82) is 0 Å². The van der Waals surface area contributed by atoms with Crippen LogP contribution in [0.5, 0.6) is 11.5 Å². The fourth-order valence-corrected chi connectivity index (χ4v) is 2.98. The van der Waals surface area contributed by atoms with E-state index in [2.05, 4.69) is 39.4 Å². The summed E-state index contributed by atoms with van der Waals surface area (Å²) < 4.78 is 12.7. The molecule has 2 heterocycles. The first-order chi connectivity index (χ1) is 13.1. The minimum absolute atomic E-state index is 0.452. The largest absolute Gasteiger partial charge is 0.497 e. The van der Waals surface area contributed by atoms with E-state index in [0.29, 0.717) is 23.9 Å². The molecule has 3 aromatic rings. The molecule has 0 aliphatic heterocycles. The van der Waals surface area contributed by atoms with E-state index in [1.807, 2.05) is 29.8 Å². The molecular weight excluding hydrogens is 344 g/mol. The van der Waals surface area contributed by atoms with Crippen molar-refractivity contribution >= 4 is 5.95 Å². The molecule has 142 valence electrons. The zero-order chi connectivity index (χ0) is 19.4. The maximum Gasteiger partial charge on any atom is 0.243 e. The summed E-state index contributed by atoms with van der Waals surface area (Å²) in [6.45, 7) is 7.58. The SMILES string of the molecule is CCn1nc(C)c(CNc2nncc(-c3ccc(OC)cc3OC)n2)c1C. The molecule has 8 nitrogen and oxygen atoms in total. The highest BCUT2D eigenvalue weighted by molar-refractivity contribution is 5.68. The minimum atomic E-state index is 0.452. The van der Waals surface area contributed by atoms with E-state index >= 15 is 0 Å². The number of aryl methyl sites for hydroxylation is 2. The van der Waals surface area contributed by atoms with E-state index < -0.39 is 0 Å². The molecule has 3 rings (SSSR count). The lowest BCUT2D eigenvalue weighted by Crippen LogP contribution is -2.07. The number of nitrogens with one attached hydrogen (secondary N) is 1. The summed E-state index contributed by atoms with van der Waals surface area (Å²) >= 11 is 0. The molecule has 0 bridgehead atoms. The molecule has 8 heteroatoms. The van der Waals surface area contributed by atoms with Crippen LogP contribution in [0.15, 0.2) is 24.4 Å². The standard InChI is InChI=1S/C19H24N6O2/c1-6-25-13(3)16(12(2)24-25)10-20-19-22-17(11-21-23-19)15-8-7-14(26-4)9-18(15)27-5/h7-9,11H,6,10H2,1-5H3,(H,20,22,23). The van der Waals surface area contributed by atoms with Crippen molar-refractivity contribution in [2.24, 2.45) is 0 Å². The van der Waals surface area contributed by atoms with Gasteiger partial charge in [0.25, 0.3) is 0 Å². The number of aromatic nitrogens is 5. The summed E-state index contributed by atoms with van der Waals surface area (Å²) in [6.07, 6.45) is 1.61. The molecule has 0 aliphatic rings. The maximum atomic E-state index is 5.46. The average Bonchev–Trinajstić information content (AvgIpc) is 2.98. The van der Waals surface area contributed by atoms with Crippen LogP contribution in [0.2, 0.25) is 0 Å². The molecule has 1 aromatic carbocycles. The summed E-state index contributed by atoms with van der Waals surface area (Å²) in [6, 6.07) is 5.57. The summed E-state index contributed by atoms with van der Waals surface area (Å²) in [5, 5.41) is 15.9. The fraction of sp³-hybridized carbons (Fsp3) is 0.368. The number of rotatable bonds is 7. The van der Waals surface area contributed by atoms with Gasteiger partial charge in [0.1, 0.15) is 11.5 Å². The Hall–Kier alpha value is -3.16. The van der Waals surface area contributed by atoms with Crippen LogP contribution in [-0.4, -0.2) is 39.2 Å². The van der Waals surface area contributed by atoms with Gasteiger partial charge in [-0.1, -0.05) is 0 Å². The normalized spacial score (nSPS) is 10.7. The van der Waals surface area contributed by atoms with Crippen LogP contribution in [0.25, 0.3) is 11.3 Å².